The van der Waals surface area contributed by atoms with Gasteiger partial charge < -0.3 is 10.1 Å². The zero-order chi connectivity index (χ0) is 17.4. The van der Waals surface area contributed by atoms with Crippen LogP contribution in [0.3, 0.4) is 0 Å². The van der Waals surface area contributed by atoms with E-state index < -0.39 is 0 Å². The molecule has 3 heteroatoms. The Balaban J connectivity index is 1.87. The highest BCUT2D eigenvalue weighted by atomic mass is 16.5. The van der Waals surface area contributed by atoms with Crippen molar-refractivity contribution in [1.29, 1.82) is 0 Å². The van der Waals surface area contributed by atoms with E-state index in [0.29, 0.717) is 5.92 Å². The molecule has 0 aliphatic rings. The molecule has 2 aromatic carbocycles. The van der Waals surface area contributed by atoms with Crippen LogP contribution in [-0.2, 0) is 11.2 Å². The summed E-state index contributed by atoms with van der Waals surface area (Å²) in [4.78, 5) is 12.1. The number of amides is 1. The van der Waals surface area contributed by atoms with Crippen LogP contribution in [0.25, 0.3) is 0 Å². The lowest BCUT2D eigenvalue weighted by atomic mass is 10.0. The Labute approximate surface area is 145 Å². The number of carbonyl (C=O) groups excluding carboxylic acids is 1. The number of unbranched alkanes of at least 4 members (excludes halogenated alkanes) is 1. The van der Waals surface area contributed by atoms with E-state index in [0.717, 1.165) is 23.4 Å². The van der Waals surface area contributed by atoms with Crippen LogP contribution >= 0.6 is 0 Å². The first-order chi connectivity index (χ1) is 11.6. The molecule has 0 radical (unpaired) electrons. The fourth-order valence-corrected chi connectivity index (χ4v) is 2.56. The van der Waals surface area contributed by atoms with Gasteiger partial charge in [-0.05, 0) is 48.1 Å². The fourth-order valence-electron chi connectivity index (χ4n) is 2.56. The average Bonchev–Trinajstić information content (AvgIpc) is 2.59. The number of rotatable bonds is 8. The topological polar surface area (TPSA) is 38.3 Å². The van der Waals surface area contributed by atoms with Crippen molar-refractivity contribution in [3.05, 3.63) is 59.7 Å². The van der Waals surface area contributed by atoms with E-state index in [-0.39, 0.29) is 12.5 Å². The third-order valence-corrected chi connectivity index (χ3v) is 3.96. The van der Waals surface area contributed by atoms with Crippen molar-refractivity contribution in [2.45, 2.75) is 46.0 Å². The van der Waals surface area contributed by atoms with Crippen molar-refractivity contribution in [3.8, 4) is 5.75 Å². The predicted octanol–water partition coefficient (Wildman–Crippen LogP) is 5.17. The van der Waals surface area contributed by atoms with Crippen molar-refractivity contribution in [2.24, 2.45) is 0 Å². The van der Waals surface area contributed by atoms with Crippen LogP contribution in [0.4, 0.5) is 5.69 Å². The Morgan fingerprint density at radius 2 is 1.79 bits per heavy atom. The second-order valence-electron chi connectivity index (χ2n) is 6.33. The number of carbonyl (C=O) groups is 1. The third kappa shape index (κ3) is 5.41. The Bertz CT molecular complexity index is 647. The van der Waals surface area contributed by atoms with E-state index in [1.807, 2.05) is 36.4 Å². The minimum Gasteiger partial charge on any atom is -0.483 e. The Kier molecular flexibility index (Phi) is 6.86. The van der Waals surface area contributed by atoms with Gasteiger partial charge in [-0.1, -0.05) is 57.5 Å². The lowest BCUT2D eigenvalue weighted by molar-refractivity contribution is -0.118. The van der Waals surface area contributed by atoms with E-state index in [4.69, 9.17) is 4.74 Å². The molecule has 0 aliphatic heterocycles. The van der Waals surface area contributed by atoms with Gasteiger partial charge in [0.1, 0.15) is 5.75 Å². The van der Waals surface area contributed by atoms with Crippen molar-refractivity contribution in [2.75, 3.05) is 11.9 Å². The van der Waals surface area contributed by atoms with Gasteiger partial charge in [-0.25, -0.2) is 0 Å². The van der Waals surface area contributed by atoms with Gasteiger partial charge in [-0.3, -0.25) is 4.79 Å². The third-order valence-electron chi connectivity index (χ3n) is 3.96. The van der Waals surface area contributed by atoms with Gasteiger partial charge in [0.2, 0.25) is 0 Å². The highest BCUT2D eigenvalue weighted by Gasteiger charge is 2.09. The van der Waals surface area contributed by atoms with Gasteiger partial charge in [-0.15, -0.1) is 0 Å². The summed E-state index contributed by atoms with van der Waals surface area (Å²) < 4.78 is 5.70. The normalized spacial score (nSPS) is 10.7. The molecule has 3 nitrogen and oxygen atoms in total. The van der Waals surface area contributed by atoms with Gasteiger partial charge in [-0.2, -0.15) is 0 Å². The molecule has 0 saturated heterocycles. The number of benzene rings is 2. The van der Waals surface area contributed by atoms with Crippen LogP contribution in [0, 0.1) is 0 Å². The van der Waals surface area contributed by atoms with Crippen LogP contribution in [-0.4, -0.2) is 12.5 Å². The maximum Gasteiger partial charge on any atom is 0.262 e. The van der Waals surface area contributed by atoms with Crippen LogP contribution in [0.15, 0.2) is 48.5 Å². The fraction of sp³-hybridized carbons (Fsp3) is 0.381. The van der Waals surface area contributed by atoms with Crippen molar-refractivity contribution < 1.29 is 9.53 Å². The van der Waals surface area contributed by atoms with E-state index >= 15 is 0 Å². The van der Waals surface area contributed by atoms with Crippen LogP contribution in [0.2, 0.25) is 0 Å². The van der Waals surface area contributed by atoms with Gasteiger partial charge in [0.15, 0.2) is 6.61 Å². The number of aryl methyl sites for hydroxylation is 1. The van der Waals surface area contributed by atoms with Gasteiger partial charge in [0.05, 0.1) is 0 Å². The highest BCUT2D eigenvalue weighted by Crippen LogP contribution is 2.25. The number of nitrogens with one attached hydrogen (secondary N) is 1. The first-order valence-electron chi connectivity index (χ1n) is 8.70. The molecule has 128 valence electrons. The van der Waals surface area contributed by atoms with E-state index in [1.54, 1.807) is 0 Å². The molecule has 2 rings (SSSR count). The second-order valence-corrected chi connectivity index (χ2v) is 6.33. The average molecular weight is 325 g/mol. The maximum atomic E-state index is 12.1. The Hall–Kier alpha value is -2.29. The molecule has 0 aliphatic carbocycles. The van der Waals surface area contributed by atoms with Crippen LogP contribution in [0.1, 0.15) is 50.7 Å². The second kappa shape index (κ2) is 9.11. The minimum absolute atomic E-state index is 0.0152. The number of anilines is 1. The first-order valence-corrected chi connectivity index (χ1v) is 8.70. The molecule has 0 spiro atoms. The predicted molar refractivity (Wildman–Crippen MR) is 99.7 cm³/mol. The molecule has 1 N–H and O–H groups in total. The minimum atomic E-state index is -0.144. The van der Waals surface area contributed by atoms with Crippen molar-refractivity contribution >= 4 is 11.6 Å². The largest absolute Gasteiger partial charge is 0.483 e. The molecular weight excluding hydrogens is 298 g/mol. The molecule has 0 aromatic heterocycles. The zero-order valence-corrected chi connectivity index (χ0v) is 14.8. The number of ether oxygens (including phenoxy) is 1. The highest BCUT2D eigenvalue weighted by molar-refractivity contribution is 5.91. The molecule has 0 atom stereocenters. The van der Waals surface area contributed by atoms with Crippen molar-refractivity contribution in [3.63, 3.8) is 0 Å². The summed E-state index contributed by atoms with van der Waals surface area (Å²) in [6.07, 6.45) is 3.46. The summed E-state index contributed by atoms with van der Waals surface area (Å²) in [5.74, 6) is 0.993. The van der Waals surface area contributed by atoms with E-state index in [9.17, 15) is 4.79 Å². The number of hydrogen-bond acceptors (Lipinski definition) is 2. The molecule has 0 bridgehead atoms. The molecule has 0 heterocycles. The summed E-state index contributed by atoms with van der Waals surface area (Å²) in [5, 5.41) is 2.88. The molecule has 0 saturated carbocycles. The molecular formula is C21H27NO2. The number of para-hydroxylation sites is 1. The quantitative estimate of drug-likeness (QED) is 0.727. The molecule has 24 heavy (non-hydrogen) atoms. The molecule has 0 unspecified atom stereocenters. The van der Waals surface area contributed by atoms with E-state index in [2.05, 4.69) is 38.2 Å². The Morgan fingerprint density at radius 1 is 1.08 bits per heavy atom. The van der Waals surface area contributed by atoms with Gasteiger partial charge >= 0.3 is 0 Å². The monoisotopic (exact) mass is 325 g/mol. The van der Waals surface area contributed by atoms with Gasteiger partial charge in [0, 0.05) is 5.69 Å². The summed E-state index contributed by atoms with van der Waals surface area (Å²) in [6.45, 7) is 6.43. The standard InChI is InChI=1S/C21H27NO2/c1-4-5-8-17-11-13-18(14-12-17)22-21(23)15-24-20-10-7-6-9-19(20)16(2)3/h6-7,9-14,16H,4-5,8,15H2,1-3H3,(H,22,23). The zero-order valence-electron chi connectivity index (χ0n) is 14.8. The van der Waals surface area contributed by atoms with Crippen LogP contribution < -0.4 is 10.1 Å². The summed E-state index contributed by atoms with van der Waals surface area (Å²) in [5.41, 5.74) is 3.23. The smallest absolute Gasteiger partial charge is 0.262 e. The lowest BCUT2D eigenvalue weighted by Gasteiger charge is -2.13. The summed E-state index contributed by atoms with van der Waals surface area (Å²) in [7, 11) is 0. The SMILES string of the molecule is CCCCc1ccc(NC(=O)COc2ccccc2C(C)C)cc1. The maximum absolute atomic E-state index is 12.1. The van der Waals surface area contributed by atoms with Gasteiger partial charge in [0.25, 0.3) is 5.91 Å². The molecule has 0 fully saturated rings. The first kappa shape index (κ1) is 18.1. The Morgan fingerprint density at radius 3 is 2.46 bits per heavy atom. The lowest BCUT2D eigenvalue weighted by Crippen LogP contribution is -2.20. The molecule has 1 amide bonds. The summed E-state index contributed by atoms with van der Waals surface area (Å²) in [6, 6.07) is 15.9. The summed E-state index contributed by atoms with van der Waals surface area (Å²) >= 11 is 0. The van der Waals surface area contributed by atoms with Crippen LogP contribution in [0.5, 0.6) is 5.75 Å². The van der Waals surface area contributed by atoms with E-state index in [1.165, 1.54) is 18.4 Å². The molecule has 2 aromatic rings. The number of hydrogen-bond donors (Lipinski definition) is 1. The van der Waals surface area contributed by atoms with Crippen molar-refractivity contribution in [1.82, 2.24) is 0 Å².